The summed E-state index contributed by atoms with van der Waals surface area (Å²) in [5.74, 6) is 0. The van der Waals surface area contributed by atoms with Crippen LogP contribution in [-0.4, -0.2) is 11.2 Å². The molecule has 0 aromatic heterocycles. The Bertz CT molecular complexity index is 504. The molecule has 1 heteroatoms. The Kier molecular flexibility index (Phi) is 5.41. The second kappa shape index (κ2) is 7.30. The van der Waals surface area contributed by atoms with E-state index in [9.17, 15) is 5.11 Å². The topological polar surface area (TPSA) is 20.2 Å². The van der Waals surface area contributed by atoms with E-state index >= 15 is 0 Å². The van der Waals surface area contributed by atoms with Crippen LogP contribution < -0.4 is 0 Å². The molecule has 0 bridgehead atoms. The van der Waals surface area contributed by atoms with Gasteiger partial charge in [0.15, 0.2) is 0 Å². The molecular formula is C18H24O. The number of rotatable bonds is 7. The van der Waals surface area contributed by atoms with Crippen LogP contribution in [0, 0.1) is 0 Å². The van der Waals surface area contributed by atoms with Crippen molar-refractivity contribution in [2.45, 2.75) is 51.6 Å². The van der Waals surface area contributed by atoms with Crippen LogP contribution in [0.15, 0.2) is 42.5 Å². The van der Waals surface area contributed by atoms with Gasteiger partial charge in [-0.05, 0) is 35.6 Å². The number of aliphatic hydroxyl groups is 1. The summed E-state index contributed by atoms with van der Waals surface area (Å²) in [6, 6.07) is 15.0. The Morgan fingerprint density at radius 3 is 2.53 bits per heavy atom. The standard InChI is InChI=1S/C18H24O/c1-2-3-4-9-18(19)13-11-15-10-12-16-7-5-6-8-17(16)14-15/h5-8,10,12,14,18-19H,2-4,9,11,13H2,1H3. The maximum Gasteiger partial charge on any atom is 0.0543 e. The summed E-state index contributed by atoms with van der Waals surface area (Å²) in [4.78, 5) is 0. The van der Waals surface area contributed by atoms with Crippen molar-refractivity contribution in [3.63, 3.8) is 0 Å². The van der Waals surface area contributed by atoms with E-state index in [0.29, 0.717) is 0 Å². The van der Waals surface area contributed by atoms with Gasteiger partial charge in [-0.2, -0.15) is 0 Å². The van der Waals surface area contributed by atoms with Crippen LogP contribution in [0.2, 0.25) is 0 Å². The van der Waals surface area contributed by atoms with Gasteiger partial charge in [-0.1, -0.05) is 68.7 Å². The number of benzene rings is 2. The highest BCUT2D eigenvalue weighted by molar-refractivity contribution is 5.82. The van der Waals surface area contributed by atoms with Gasteiger partial charge in [-0.3, -0.25) is 0 Å². The molecule has 0 aliphatic carbocycles. The van der Waals surface area contributed by atoms with Crippen molar-refractivity contribution in [1.29, 1.82) is 0 Å². The lowest BCUT2D eigenvalue weighted by Crippen LogP contribution is -2.07. The molecule has 1 unspecified atom stereocenters. The summed E-state index contributed by atoms with van der Waals surface area (Å²) >= 11 is 0. The van der Waals surface area contributed by atoms with Gasteiger partial charge in [0.2, 0.25) is 0 Å². The minimum atomic E-state index is -0.141. The molecule has 0 saturated heterocycles. The molecule has 102 valence electrons. The Labute approximate surface area is 116 Å². The molecule has 0 aliphatic heterocycles. The summed E-state index contributed by atoms with van der Waals surface area (Å²) < 4.78 is 0. The van der Waals surface area contributed by atoms with E-state index in [0.717, 1.165) is 25.7 Å². The zero-order valence-electron chi connectivity index (χ0n) is 11.8. The van der Waals surface area contributed by atoms with Gasteiger partial charge in [0, 0.05) is 0 Å². The highest BCUT2D eigenvalue weighted by atomic mass is 16.3. The molecule has 1 N–H and O–H groups in total. The average Bonchev–Trinajstić information content (AvgIpc) is 2.45. The molecule has 2 rings (SSSR count). The fourth-order valence-corrected chi connectivity index (χ4v) is 2.50. The summed E-state index contributed by atoms with van der Waals surface area (Å²) in [7, 11) is 0. The van der Waals surface area contributed by atoms with Gasteiger partial charge in [-0.15, -0.1) is 0 Å². The molecule has 2 aromatic rings. The highest BCUT2D eigenvalue weighted by Gasteiger charge is 2.04. The molecule has 19 heavy (non-hydrogen) atoms. The van der Waals surface area contributed by atoms with Gasteiger partial charge < -0.3 is 5.11 Å². The second-order valence-corrected chi connectivity index (χ2v) is 5.37. The molecule has 0 heterocycles. The van der Waals surface area contributed by atoms with Crippen LogP contribution in [0.5, 0.6) is 0 Å². The van der Waals surface area contributed by atoms with Gasteiger partial charge in [0.25, 0.3) is 0 Å². The van der Waals surface area contributed by atoms with E-state index in [4.69, 9.17) is 0 Å². The van der Waals surface area contributed by atoms with Gasteiger partial charge in [-0.25, -0.2) is 0 Å². The molecule has 2 aromatic carbocycles. The number of hydrogen-bond donors (Lipinski definition) is 1. The molecular weight excluding hydrogens is 232 g/mol. The lowest BCUT2D eigenvalue weighted by molar-refractivity contribution is 0.151. The van der Waals surface area contributed by atoms with Crippen molar-refractivity contribution in [2.75, 3.05) is 0 Å². The second-order valence-electron chi connectivity index (χ2n) is 5.37. The van der Waals surface area contributed by atoms with Crippen LogP contribution >= 0.6 is 0 Å². The Morgan fingerprint density at radius 2 is 1.74 bits per heavy atom. The zero-order valence-corrected chi connectivity index (χ0v) is 11.8. The third kappa shape index (κ3) is 4.36. The van der Waals surface area contributed by atoms with E-state index in [-0.39, 0.29) is 6.10 Å². The number of fused-ring (bicyclic) bond motifs is 1. The number of aryl methyl sites for hydroxylation is 1. The van der Waals surface area contributed by atoms with Crippen molar-refractivity contribution in [2.24, 2.45) is 0 Å². The van der Waals surface area contributed by atoms with Crippen LogP contribution in [0.25, 0.3) is 10.8 Å². The monoisotopic (exact) mass is 256 g/mol. The van der Waals surface area contributed by atoms with Gasteiger partial charge in [0.05, 0.1) is 6.10 Å². The molecule has 0 saturated carbocycles. The summed E-state index contributed by atoms with van der Waals surface area (Å²) in [6.07, 6.45) is 6.25. The Hall–Kier alpha value is -1.34. The first kappa shape index (κ1) is 14.1. The highest BCUT2D eigenvalue weighted by Crippen LogP contribution is 2.17. The number of hydrogen-bond acceptors (Lipinski definition) is 1. The van der Waals surface area contributed by atoms with Crippen LogP contribution in [0.3, 0.4) is 0 Å². The molecule has 0 amide bonds. The Balaban J connectivity index is 1.87. The first-order chi connectivity index (χ1) is 9.29. The first-order valence-corrected chi connectivity index (χ1v) is 7.45. The fourth-order valence-electron chi connectivity index (χ4n) is 2.50. The molecule has 0 fully saturated rings. The quantitative estimate of drug-likeness (QED) is 0.711. The summed E-state index contributed by atoms with van der Waals surface area (Å²) in [5, 5.41) is 12.5. The van der Waals surface area contributed by atoms with Crippen LogP contribution in [0.4, 0.5) is 0 Å². The minimum absolute atomic E-state index is 0.141. The third-order valence-corrected chi connectivity index (χ3v) is 3.72. The van der Waals surface area contributed by atoms with E-state index in [1.165, 1.54) is 29.2 Å². The third-order valence-electron chi connectivity index (χ3n) is 3.72. The summed E-state index contributed by atoms with van der Waals surface area (Å²) in [6.45, 7) is 2.20. The molecule has 0 radical (unpaired) electrons. The van der Waals surface area contributed by atoms with Gasteiger partial charge in [0.1, 0.15) is 0 Å². The van der Waals surface area contributed by atoms with Crippen molar-refractivity contribution in [1.82, 2.24) is 0 Å². The van der Waals surface area contributed by atoms with Crippen molar-refractivity contribution in [3.8, 4) is 0 Å². The molecule has 0 spiro atoms. The minimum Gasteiger partial charge on any atom is -0.393 e. The maximum absolute atomic E-state index is 9.95. The lowest BCUT2D eigenvalue weighted by Gasteiger charge is -2.10. The normalized spacial score (nSPS) is 12.7. The lowest BCUT2D eigenvalue weighted by atomic mass is 10.0. The summed E-state index contributed by atoms with van der Waals surface area (Å²) in [5.41, 5.74) is 1.33. The Morgan fingerprint density at radius 1 is 0.947 bits per heavy atom. The van der Waals surface area contributed by atoms with E-state index in [1.54, 1.807) is 0 Å². The van der Waals surface area contributed by atoms with Gasteiger partial charge >= 0.3 is 0 Å². The van der Waals surface area contributed by atoms with Crippen LogP contribution in [-0.2, 0) is 6.42 Å². The van der Waals surface area contributed by atoms with Crippen molar-refractivity contribution < 1.29 is 5.11 Å². The average molecular weight is 256 g/mol. The van der Waals surface area contributed by atoms with Crippen molar-refractivity contribution >= 4 is 10.8 Å². The van der Waals surface area contributed by atoms with E-state index < -0.39 is 0 Å². The largest absolute Gasteiger partial charge is 0.393 e. The van der Waals surface area contributed by atoms with E-state index in [2.05, 4.69) is 49.4 Å². The SMILES string of the molecule is CCCCCC(O)CCc1ccc2ccccc2c1. The first-order valence-electron chi connectivity index (χ1n) is 7.45. The van der Waals surface area contributed by atoms with Crippen molar-refractivity contribution in [3.05, 3.63) is 48.0 Å². The molecule has 1 nitrogen and oxygen atoms in total. The predicted molar refractivity (Wildman–Crippen MR) is 82.4 cm³/mol. The van der Waals surface area contributed by atoms with E-state index in [1.807, 2.05) is 0 Å². The number of aliphatic hydroxyl groups excluding tert-OH is 1. The predicted octanol–water partition coefficient (Wildman–Crippen LogP) is 4.71. The fraction of sp³-hybridized carbons (Fsp3) is 0.444. The molecule has 0 aliphatic rings. The van der Waals surface area contributed by atoms with Crippen LogP contribution in [0.1, 0.15) is 44.6 Å². The molecule has 1 atom stereocenters. The maximum atomic E-state index is 9.95. The number of unbranched alkanes of at least 4 members (excludes halogenated alkanes) is 2. The smallest absolute Gasteiger partial charge is 0.0543 e. The zero-order chi connectivity index (χ0) is 13.5.